The second-order valence-electron chi connectivity index (χ2n) is 6.68. The number of aromatic nitrogens is 1. The number of fused-ring (bicyclic) bond motifs is 1. The zero-order chi connectivity index (χ0) is 18.9. The van der Waals surface area contributed by atoms with Crippen molar-refractivity contribution in [1.82, 2.24) is 4.98 Å². The van der Waals surface area contributed by atoms with Gasteiger partial charge in [0.25, 0.3) is 5.56 Å². The molecule has 0 aliphatic carbocycles. The number of pyridine rings is 1. The van der Waals surface area contributed by atoms with Crippen molar-refractivity contribution >= 4 is 10.9 Å². The van der Waals surface area contributed by atoms with Gasteiger partial charge in [-0.1, -0.05) is 19.1 Å². The van der Waals surface area contributed by atoms with Gasteiger partial charge in [-0.15, -0.1) is 0 Å². The Labute approximate surface area is 149 Å². The van der Waals surface area contributed by atoms with Gasteiger partial charge in [-0.2, -0.15) is 5.26 Å². The van der Waals surface area contributed by atoms with E-state index in [1.54, 1.807) is 13.0 Å². The molecule has 0 aliphatic rings. The first-order chi connectivity index (χ1) is 12.3. The molecule has 1 N–H and O–H groups in total. The topological polar surface area (TPSA) is 56.6 Å². The monoisotopic (exact) mass is 352 g/mol. The number of hydrogen-bond acceptors (Lipinski definition) is 2. The lowest BCUT2D eigenvalue weighted by Crippen LogP contribution is -2.23. The molecule has 26 heavy (non-hydrogen) atoms. The van der Waals surface area contributed by atoms with Crippen LogP contribution in [0, 0.1) is 23.0 Å². The van der Waals surface area contributed by atoms with Gasteiger partial charge >= 0.3 is 0 Å². The standard InChI is InChI=1S/C21H18F2N2O/c1-3-14-8-15-4-5-16(9-19(15)25-20(14)26)21(2,12-24)11-13-6-17(22)10-18(23)7-13/h4-10H,3,11H2,1-2H3,(H,25,26). The molecule has 0 fully saturated rings. The molecular weight excluding hydrogens is 334 g/mol. The molecule has 0 saturated heterocycles. The predicted octanol–water partition coefficient (Wildman–Crippen LogP) is 4.39. The van der Waals surface area contributed by atoms with E-state index in [1.165, 1.54) is 12.1 Å². The predicted molar refractivity (Wildman–Crippen MR) is 97.0 cm³/mol. The summed E-state index contributed by atoms with van der Waals surface area (Å²) < 4.78 is 26.9. The van der Waals surface area contributed by atoms with Crippen LogP contribution in [-0.2, 0) is 18.3 Å². The molecule has 132 valence electrons. The van der Waals surface area contributed by atoms with E-state index in [-0.39, 0.29) is 12.0 Å². The fraction of sp³-hybridized carbons (Fsp3) is 0.238. The third kappa shape index (κ3) is 3.36. The lowest BCUT2D eigenvalue weighted by atomic mass is 9.78. The Morgan fingerprint density at radius 3 is 2.42 bits per heavy atom. The Bertz CT molecular complexity index is 1060. The lowest BCUT2D eigenvalue weighted by Gasteiger charge is -2.23. The fourth-order valence-electron chi connectivity index (χ4n) is 3.18. The molecule has 1 aromatic heterocycles. The average Bonchev–Trinajstić information content (AvgIpc) is 2.59. The van der Waals surface area contributed by atoms with Gasteiger partial charge in [0.1, 0.15) is 11.6 Å². The van der Waals surface area contributed by atoms with Crippen molar-refractivity contribution in [2.45, 2.75) is 32.1 Å². The van der Waals surface area contributed by atoms with E-state index < -0.39 is 17.0 Å². The summed E-state index contributed by atoms with van der Waals surface area (Å²) in [6, 6.07) is 12.8. The van der Waals surface area contributed by atoms with Crippen LogP contribution in [0.15, 0.2) is 47.3 Å². The summed E-state index contributed by atoms with van der Waals surface area (Å²) in [5, 5.41) is 10.6. The maximum absolute atomic E-state index is 13.5. The average molecular weight is 352 g/mol. The van der Waals surface area contributed by atoms with E-state index in [2.05, 4.69) is 11.1 Å². The van der Waals surface area contributed by atoms with Gasteiger partial charge in [-0.3, -0.25) is 4.79 Å². The normalized spacial score (nSPS) is 13.3. The minimum Gasteiger partial charge on any atom is -0.322 e. The van der Waals surface area contributed by atoms with Crippen LogP contribution in [0.1, 0.15) is 30.5 Å². The smallest absolute Gasteiger partial charge is 0.251 e. The molecule has 5 heteroatoms. The highest BCUT2D eigenvalue weighted by Gasteiger charge is 2.28. The maximum atomic E-state index is 13.5. The van der Waals surface area contributed by atoms with Crippen molar-refractivity contribution in [3.05, 3.63) is 81.1 Å². The highest BCUT2D eigenvalue weighted by molar-refractivity contribution is 5.80. The summed E-state index contributed by atoms with van der Waals surface area (Å²) in [5.74, 6) is -1.34. The molecular formula is C21H18F2N2O. The molecule has 0 bridgehead atoms. The molecule has 1 unspecified atom stereocenters. The van der Waals surface area contributed by atoms with Gasteiger partial charge in [0.15, 0.2) is 0 Å². The molecule has 1 heterocycles. The van der Waals surface area contributed by atoms with Crippen molar-refractivity contribution in [3.8, 4) is 6.07 Å². The second kappa shape index (κ2) is 6.72. The number of nitrogens with zero attached hydrogens (tertiary/aromatic N) is 1. The molecule has 0 spiro atoms. The summed E-state index contributed by atoms with van der Waals surface area (Å²) in [7, 11) is 0. The van der Waals surface area contributed by atoms with E-state index in [4.69, 9.17) is 0 Å². The molecule has 1 atom stereocenters. The number of rotatable bonds is 4. The molecule has 0 amide bonds. The largest absolute Gasteiger partial charge is 0.322 e. The van der Waals surface area contributed by atoms with Crippen LogP contribution in [0.5, 0.6) is 0 Å². The Balaban J connectivity index is 2.06. The first-order valence-electron chi connectivity index (χ1n) is 8.37. The van der Waals surface area contributed by atoms with Crippen molar-refractivity contribution < 1.29 is 8.78 Å². The van der Waals surface area contributed by atoms with Crippen LogP contribution >= 0.6 is 0 Å². The van der Waals surface area contributed by atoms with E-state index in [0.717, 1.165) is 11.5 Å². The Morgan fingerprint density at radius 1 is 1.12 bits per heavy atom. The fourth-order valence-corrected chi connectivity index (χ4v) is 3.18. The number of aromatic amines is 1. The highest BCUT2D eigenvalue weighted by atomic mass is 19.1. The zero-order valence-electron chi connectivity index (χ0n) is 14.6. The third-order valence-corrected chi connectivity index (χ3v) is 4.67. The van der Waals surface area contributed by atoms with Crippen LogP contribution in [0.3, 0.4) is 0 Å². The molecule has 3 aromatic rings. The van der Waals surface area contributed by atoms with Crippen LogP contribution in [0.25, 0.3) is 10.9 Å². The van der Waals surface area contributed by atoms with Gasteiger partial charge in [0, 0.05) is 17.1 Å². The van der Waals surface area contributed by atoms with E-state index >= 15 is 0 Å². The number of halogens is 2. The first-order valence-corrected chi connectivity index (χ1v) is 8.37. The number of benzene rings is 2. The summed E-state index contributed by atoms with van der Waals surface area (Å²) in [6.45, 7) is 3.63. The molecule has 3 nitrogen and oxygen atoms in total. The van der Waals surface area contributed by atoms with Crippen molar-refractivity contribution in [2.75, 3.05) is 0 Å². The quantitative estimate of drug-likeness (QED) is 0.757. The van der Waals surface area contributed by atoms with Gasteiger partial charge in [0.2, 0.25) is 0 Å². The van der Waals surface area contributed by atoms with Crippen molar-refractivity contribution in [1.29, 1.82) is 5.26 Å². The van der Waals surface area contributed by atoms with E-state index in [9.17, 15) is 18.8 Å². The molecule has 0 radical (unpaired) electrons. The molecule has 0 saturated carbocycles. The lowest BCUT2D eigenvalue weighted by molar-refractivity contribution is 0.564. The minimum atomic E-state index is -0.991. The van der Waals surface area contributed by atoms with Crippen molar-refractivity contribution in [3.63, 3.8) is 0 Å². The Kier molecular flexibility index (Phi) is 4.60. The summed E-state index contributed by atoms with van der Waals surface area (Å²) in [5.41, 5.74) is 1.27. The number of hydrogen-bond donors (Lipinski definition) is 1. The third-order valence-electron chi connectivity index (χ3n) is 4.67. The SMILES string of the molecule is CCc1cc2ccc(C(C)(C#N)Cc3cc(F)cc(F)c3)cc2[nH]c1=O. The second-order valence-corrected chi connectivity index (χ2v) is 6.68. The highest BCUT2D eigenvalue weighted by Crippen LogP contribution is 2.30. The van der Waals surface area contributed by atoms with Crippen LogP contribution in [-0.4, -0.2) is 4.98 Å². The van der Waals surface area contributed by atoms with Gasteiger partial charge in [-0.25, -0.2) is 8.78 Å². The number of H-pyrrole nitrogens is 1. The first kappa shape index (κ1) is 17.8. The van der Waals surface area contributed by atoms with Crippen LogP contribution in [0.2, 0.25) is 0 Å². The van der Waals surface area contributed by atoms with E-state index in [0.29, 0.717) is 28.6 Å². The molecule has 0 aliphatic heterocycles. The number of aryl methyl sites for hydroxylation is 1. The number of nitriles is 1. The maximum Gasteiger partial charge on any atom is 0.251 e. The van der Waals surface area contributed by atoms with Crippen molar-refractivity contribution in [2.24, 2.45) is 0 Å². The van der Waals surface area contributed by atoms with Gasteiger partial charge < -0.3 is 4.98 Å². The zero-order valence-corrected chi connectivity index (χ0v) is 14.6. The van der Waals surface area contributed by atoms with Crippen LogP contribution in [0.4, 0.5) is 8.78 Å². The van der Waals surface area contributed by atoms with E-state index in [1.807, 2.05) is 25.1 Å². The Hall–Kier alpha value is -3.00. The minimum absolute atomic E-state index is 0.150. The molecule has 2 aromatic carbocycles. The summed E-state index contributed by atoms with van der Waals surface area (Å²) >= 11 is 0. The van der Waals surface area contributed by atoms with Crippen LogP contribution < -0.4 is 5.56 Å². The van der Waals surface area contributed by atoms with Gasteiger partial charge in [-0.05, 0) is 60.5 Å². The summed E-state index contributed by atoms with van der Waals surface area (Å²) in [4.78, 5) is 14.9. The molecule has 3 rings (SSSR count). The van der Waals surface area contributed by atoms with Gasteiger partial charge in [0.05, 0.1) is 11.5 Å². The summed E-state index contributed by atoms with van der Waals surface area (Å²) in [6.07, 6.45) is 0.787. The Morgan fingerprint density at radius 2 is 1.81 bits per heavy atom. The number of nitrogens with one attached hydrogen (secondary N) is 1.